The molecule has 3 aromatic carbocycles. The number of aryl methyl sites for hydroxylation is 2. The quantitative estimate of drug-likeness (QED) is 0.493. The van der Waals surface area contributed by atoms with Gasteiger partial charge in [-0.15, -0.1) is 0 Å². The van der Waals surface area contributed by atoms with E-state index in [0.717, 1.165) is 27.8 Å². The number of carbonyl (C=O) groups excluding carboxylic acids is 2. The summed E-state index contributed by atoms with van der Waals surface area (Å²) in [6.45, 7) is 10.3. The lowest BCUT2D eigenvalue weighted by molar-refractivity contribution is -0.141. The molecule has 0 bridgehead atoms. The molecule has 0 aliphatic carbocycles. The summed E-state index contributed by atoms with van der Waals surface area (Å²) in [5.41, 5.74) is 4.82. The Morgan fingerprint density at radius 2 is 1.44 bits per heavy atom. The Bertz CT molecular complexity index is 1100. The number of carbonyl (C=O) groups is 2. The predicted octanol–water partition coefficient (Wildman–Crippen LogP) is 5.40. The van der Waals surface area contributed by atoms with Gasteiger partial charge in [0.25, 0.3) is 0 Å². The van der Waals surface area contributed by atoms with Crippen LogP contribution in [0.15, 0.2) is 78.9 Å². The molecule has 178 valence electrons. The third-order valence-corrected chi connectivity index (χ3v) is 5.81. The van der Waals surface area contributed by atoms with E-state index < -0.39 is 11.6 Å². The lowest BCUT2D eigenvalue weighted by Crippen LogP contribution is -2.54. The minimum atomic E-state index is -0.626. The third-order valence-electron chi connectivity index (χ3n) is 5.81. The maximum absolute atomic E-state index is 13.8. The number of amides is 2. The molecule has 0 aliphatic rings. The summed E-state index contributed by atoms with van der Waals surface area (Å²) in [5, 5.41) is 3.11. The largest absolute Gasteiger partial charge is 0.350 e. The Hall–Kier alpha value is -3.40. The summed E-state index contributed by atoms with van der Waals surface area (Å²) in [7, 11) is 0. The van der Waals surface area contributed by atoms with Gasteiger partial charge in [0.15, 0.2) is 0 Å². The highest BCUT2D eigenvalue weighted by Crippen LogP contribution is 2.19. The van der Waals surface area contributed by atoms with Crippen LogP contribution in [0.4, 0.5) is 0 Å². The molecule has 2 amide bonds. The number of nitrogens with zero attached hydrogens (tertiary/aromatic N) is 1. The average molecular weight is 457 g/mol. The predicted molar refractivity (Wildman–Crippen MR) is 138 cm³/mol. The van der Waals surface area contributed by atoms with Gasteiger partial charge in [-0.2, -0.15) is 0 Å². The van der Waals surface area contributed by atoms with E-state index in [4.69, 9.17) is 0 Å². The van der Waals surface area contributed by atoms with Crippen molar-refractivity contribution in [2.75, 3.05) is 0 Å². The van der Waals surface area contributed by atoms with E-state index in [1.165, 1.54) is 0 Å². The van der Waals surface area contributed by atoms with Gasteiger partial charge < -0.3 is 10.2 Å². The van der Waals surface area contributed by atoms with E-state index in [-0.39, 0.29) is 18.2 Å². The van der Waals surface area contributed by atoms with E-state index >= 15 is 0 Å². The van der Waals surface area contributed by atoms with Crippen molar-refractivity contribution in [2.24, 2.45) is 0 Å². The van der Waals surface area contributed by atoms with Crippen molar-refractivity contribution in [2.45, 2.75) is 65.6 Å². The molecular formula is C30H36N2O2. The molecule has 3 aromatic rings. The first kappa shape index (κ1) is 25.2. The molecule has 4 heteroatoms. The van der Waals surface area contributed by atoms with Crippen LogP contribution in [0.2, 0.25) is 0 Å². The zero-order valence-corrected chi connectivity index (χ0v) is 21.0. The molecule has 1 atom stereocenters. The summed E-state index contributed by atoms with van der Waals surface area (Å²) >= 11 is 0. The lowest BCUT2D eigenvalue weighted by atomic mass is 9.98. The van der Waals surface area contributed by atoms with E-state index in [9.17, 15) is 9.59 Å². The Morgan fingerprint density at radius 1 is 0.853 bits per heavy atom. The number of hydrogen-bond acceptors (Lipinski definition) is 2. The number of benzene rings is 3. The maximum atomic E-state index is 13.8. The van der Waals surface area contributed by atoms with Crippen molar-refractivity contribution >= 4 is 11.8 Å². The van der Waals surface area contributed by atoms with Gasteiger partial charge in [-0.3, -0.25) is 9.59 Å². The van der Waals surface area contributed by atoms with Gasteiger partial charge in [0, 0.05) is 18.5 Å². The maximum Gasteiger partial charge on any atom is 0.243 e. The number of nitrogens with one attached hydrogen (secondary N) is 1. The van der Waals surface area contributed by atoms with Gasteiger partial charge in [0.05, 0.1) is 6.42 Å². The highest BCUT2D eigenvalue weighted by Gasteiger charge is 2.32. The molecule has 0 heterocycles. The van der Waals surface area contributed by atoms with Crippen molar-refractivity contribution in [1.82, 2.24) is 10.2 Å². The molecule has 1 N–H and O–H groups in total. The van der Waals surface area contributed by atoms with Crippen LogP contribution in [0.25, 0.3) is 0 Å². The third kappa shape index (κ3) is 7.31. The second-order valence-corrected chi connectivity index (χ2v) is 10.1. The Labute approximate surface area is 204 Å². The van der Waals surface area contributed by atoms with Crippen LogP contribution in [0.1, 0.15) is 48.6 Å². The van der Waals surface area contributed by atoms with Gasteiger partial charge in [0.2, 0.25) is 11.8 Å². The molecule has 0 saturated carbocycles. The monoisotopic (exact) mass is 456 g/mol. The molecule has 4 nitrogen and oxygen atoms in total. The average Bonchev–Trinajstić information content (AvgIpc) is 2.78. The van der Waals surface area contributed by atoms with E-state index in [1.54, 1.807) is 4.90 Å². The Balaban J connectivity index is 1.99. The van der Waals surface area contributed by atoms with Gasteiger partial charge in [-0.25, -0.2) is 0 Å². The number of hydrogen-bond donors (Lipinski definition) is 1. The van der Waals surface area contributed by atoms with Crippen LogP contribution < -0.4 is 5.32 Å². The zero-order valence-electron chi connectivity index (χ0n) is 21.0. The first-order chi connectivity index (χ1) is 16.1. The lowest BCUT2D eigenvalue weighted by Gasteiger charge is -2.34. The topological polar surface area (TPSA) is 49.4 Å². The van der Waals surface area contributed by atoms with Crippen LogP contribution in [-0.4, -0.2) is 28.3 Å². The van der Waals surface area contributed by atoms with Crippen molar-refractivity contribution in [3.05, 3.63) is 107 Å². The van der Waals surface area contributed by atoms with Crippen molar-refractivity contribution in [3.63, 3.8) is 0 Å². The van der Waals surface area contributed by atoms with Crippen molar-refractivity contribution < 1.29 is 9.59 Å². The first-order valence-corrected chi connectivity index (χ1v) is 11.9. The standard InChI is InChI=1S/C30H36N2O2/c1-22-16-17-23(2)26(18-22)20-28(33)32(21-25-14-10-7-11-15-25)27(29(34)31-30(3,4)5)19-24-12-8-6-9-13-24/h6-18,27H,19-21H2,1-5H3,(H,31,34)/t27-/m0/s1. The smallest absolute Gasteiger partial charge is 0.243 e. The van der Waals surface area contributed by atoms with E-state index in [0.29, 0.717) is 13.0 Å². The van der Waals surface area contributed by atoms with Gasteiger partial charge in [-0.1, -0.05) is 84.4 Å². The van der Waals surface area contributed by atoms with Crippen LogP contribution in [0.5, 0.6) is 0 Å². The molecule has 34 heavy (non-hydrogen) atoms. The second kappa shape index (κ2) is 11.1. The highest BCUT2D eigenvalue weighted by molar-refractivity contribution is 5.89. The minimum Gasteiger partial charge on any atom is -0.350 e. The number of rotatable bonds is 8. The van der Waals surface area contributed by atoms with Gasteiger partial charge >= 0.3 is 0 Å². The zero-order chi connectivity index (χ0) is 24.7. The first-order valence-electron chi connectivity index (χ1n) is 11.9. The van der Waals surface area contributed by atoms with Crippen molar-refractivity contribution in [1.29, 1.82) is 0 Å². The summed E-state index contributed by atoms with van der Waals surface area (Å²) in [5.74, 6) is -0.191. The summed E-state index contributed by atoms with van der Waals surface area (Å²) in [6.07, 6.45) is 0.711. The van der Waals surface area contributed by atoms with Crippen LogP contribution in [0, 0.1) is 13.8 Å². The molecule has 0 spiro atoms. The summed E-state index contributed by atoms with van der Waals surface area (Å²) in [6, 6.07) is 25.3. The molecular weight excluding hydrogens is 420 g/mol. The molecule has 0 saturated heterocycles. The highest BCUT2D eigenvalue weighted by atomic mass is 16.2. The summed E-state index contributed by atoms with van der Waals surface area (Å²) < 4.78 is 0. The molecule has 0 unspecified atom stereocenters. The normalized spacial score (nSPS) is 12.1. The molecule has 3 rings (SSSR count). The van der Waals surface area contributed by atoms with Crippen LogP contribution in [0.3, 0.4) is 0 Å². The summed E-state index contributed by atoms with van der Waals surface area (Å²) in [4.78, 5) is 29.2. The van der Waals surface area contributed by atoms with E-state index in [2.05, 4.69) is 17.4 Å². The second-order valence-electron chi connectivity index (χ2n) is 10.1. The van der Waals surface area contributed by atoms with Crippen LogP contribution >= 0.6 is 0 Å². The molecule has 0 radical (unpaired) electrons. The van der Waals surface area contributed by atoms with Gasteiger partial charge in [0.1, 0.15) is 6.04 Å². The Kier molecular flexibility index (Phi) is 8.27. The SMILES string of the molecule is Cc1ccc(C)c(CC(=O)N(Cc2ccccc2)[C@@H](Cc2ccccc2)C(=O)NC(C)(C)C)c1. The fourth-order valence-corrected chi connectivity index (χ4v) is 4.04. The molecule has 0 fully saturated rings. The fraction of sp³-hybridized carbons (Fsp3) is 0.333. The van der Waals surface area contributed by atoms with Gasteiger partial charge in [-0.05, 0) is 56.9 Å². The van der Waals surface area contributed by atoms with Crippen LogP contribution in [-0.2, 0) is 29.0 Å². The minimum absolute atomic E-state index is 0.0532. The Morgan fingerprint density at radius 3 is 2.03 bits per heavy atom. The molecule has 0 aromatic heterocycles. The van der Waals surface area contributed by atoms with Crippen molar-refractivity contribution in [3.8, 4) is 0 Å². The fourth-order valence-electron chi connectivity index (χ4n) is 4.04. The molecule has 0 aliphatic heterocycles. The van der Waals surface area contributed by atoms with E-state index in [1.807, 2.05) is 101 Å².